The van der Waals surface area contributed by atoms with Crippen LogP contribution < -0.4 is 9.64 Å². The summed E-state index contributed by atoms with van der Waals surface area (Å²) in [6.45, 7) is 9.23. The molecule has 5 aromatic rings. The van der Waals surface area contributed by atoms with Gasteiger partial charge >= 0.3 is 6.09 Å². The van der Waals surface area contributed by atoms with E-state index in [-0.39, 0.29) is 23.6 Å². The van der Waals surface area contributed by atoms with E-state index in [2.05, 4.69) is 29.2 Å². The van der Waals surface area contributed by atoms with Gasteiger partial charge in [-0.1, -0.05) is 42.5 Å². The van der Waals surface area contributed by atoms with Crippen molar-refractivity contribution in [3.8, 4) is 22.8 Å². The average molecular weight is 768 g/mol. The van der Waals surface area contributed by atoms with E-state index in [4.69, 9.17) is 9.47 Å². The number of hydrogen-bond acceptors (Lipinski definition) is 7. The van der Waals surface area contributed by atoms with E-state index in [9.17, 15) is 14.7 Å². The quantitative estimate of drug-likeness (QED) is 0.185. The first-order chi connectivity index (χ1) is 27.7. The van der Waals surface area contributed by atoms with Gasteiger partial charge in [-0.25, -0.2) is 4.79 Å². The van der Waals surface area contributed by atoms with Crippen molar-refractivity contribution in [3.05, 3.63) is 136 Å². The summed E-state index contributed by atoms with van der Waals surface area (Å²) < 4.78 is 13.4. The molecule has 0 saturated carbocycles. The number of amides is 3. The predicted octanol–water partition coefficient (Wildman–Crippen LogP) is 6.83. The molecule has 3 aliphatic rings. The van der Waals surface area contributed by atoms with Crippen LogP contribution in [-0.2, 0) is 37.7 Å². The molecule has 11 heteroatoms. The molecule has 57 heavy (non-hydrogen) atoms. The van der Waals surface area contributed by atoms with Crippen LogP contribution in [0.5, 0.6) is 11.5 Å². The van der Waals surface area contributed by atoms with Gasteiger partial charge in [-0.2, -0.15) is 0 Å². The molecule has 0 bridgehead atoms. The van der Waals surface area contributed by atoms with Gasteiger partial charge in [0.15, 0.2) is 0 Å². The molecule has 8 rings (SSSR count). The number of phenolic OH excluding ortho intramolecular Hbond substituents is 1. The average Bonchev–Trinajstić information content (AvgIpc) is 3.54. The van der Waals surface area contributed by atoms with Crippen LogP contribution in [0.25, 0.3) is 11.3 Å². The Labute approximate surface area is 333 Å². The van der Waals surface area contributed by atoms with E-state index in [1.807, 2.05) is 66.8 Å². The Morgan fingerprint density at radius 3 is 2.28 bits per heavy atom. The lowest BCUT2D eigenvalue weighted by Gasteiger charge is -2.41. The van der Waals surface area contributed by atoms with Crippen molar-refractivity contribution in [3.63, 3.8) is 0 Å². The molecule has 0 aliphatic carbocycles. The van der Waals surface area contributed by atoms with Crippen LogP contribution in [0.3, 0.4) is 0 Å². The Hall–Kier alpha value is -5.91. The summed E-state index contributed by atoms with van der Waals surface area (Å²) in [5.41, 5.74) is 8.37. The molecule has 3 amide bonds. The van der Waals surface area contributed by atoms with Crippen LogP contribution in [0, 0.1) is 6.92 Å². The molecule has 1 atom stereocenters. The highest BCUT2D eigenvalue weighted by atomic mass is 16.6. The molecule has 1 N–H and O–H groups in total. The summed E-state index contributed by atoms with van der Waals surface area (Å²) >= 11 is 0. The van der Waals surface area contributed by atoms with E-state index >= 15 is 4.79 Å². The molecule has 1 saturated heterocycles. The van der Waals surface area contributed by atoms with Gasteiger partial charge in [-0.3, -0.25) is 14.5 Å². The Bertz CT molecular complexity index is 2280. The molecule has 0 radical (unpaired) electrons. The second-order valence-corrected chi connectivity index (χ2v) is 15.1. The molecular formula is C46H49N5O6. The molecular weight excluding hydrogens is 719 g/mol. The molecule has 294 valence electrons. The summed E-state index contributed by atoms with van der Waals surface area (Å²) in [5, 5.41) is 9.90. The Kier molecular flexibility index (Phi) is 10.9. The SMILES string of the molecule is CCN(C(=O)c1cc(-c2cc3c(cc2C(=O)N2Cc4ccccc4C[C@H]2CN2CCOCC2)CN(C(=O)Oc2ccccc2)CC3)n(C)c1C)c1ccc(O)cc1. The molecule has 1 aromatic heterocycles. The van der Waals surface area contributed by atoms with Crippen molar-refractivity contribution in [2.24, 2.45) is 7.05 Å². The summed E-state index contributed by atoms with van der Waals surface area (Å²) in [5.74, 6) is 0.355. The topological polar surface area (TPSA) is 108 Å². The minimum atomic E-state index is -0.433. The van der Waals surface area contributed by atoms with E-state index in [1.54, 1.807) is 46.2 Å². The number of anilines is 1. The normalized spacial score (nSPS) is 16.8. The maximum Gasteiger partial charge on any atom is 0.415 e. The number of ether oxygens (including phenoxy) is 2. The molecule has 4 aromatic carbocycles. The fourth-order valence-electron chi connectivity index (χ4n) is 8.43. The maximum atomic E-state index is 15.4. The first kappa shape index (κ1) is 38.0. The highest BCUT2D eigenvalue weighted by molar-refractivity contribution is 6.08. The Balaban J connectivity index is 1.19. The van der Waals surface area contributed by atoms with Crippen LogP contribution in [0.15, 0.2) is 97.1 Å². The number of rotatable bonds is 8. The van der Waals surface area contributed by atoms with Crippen molar-refractivity contribution in [2.75, 3.05) is 50.8 Å². The summed E-state index contributed by atoms with van der Waals surface area (Å²) in [6.07, 6.45) is 0.888. The van der Waals surface area contributed by atoms with Crippen LogP contribution in [-0.4, -0.2) is 94.3 Å². The largest absolute Gasteiger partial charge is 0.508 e. The molecule has 3 aliphatic heterocycles. The minimum Gasteiger partial charge on any atom is -0.508 e. The summed E-state index contributed by atoms with van der Waals surface area (Å²) in [7, 11) is 1.94. The Morgan fingerprint density at radius 1 is 0.825 bits per heavy atom. The first-order valence-corrected chi connectivity index (χ1v) is 19.8. The number of phenols is 1. The number of benzene rings is 4. The Morgan fingerprint density at radius 2 is 1.54 bits per heavy atom. The van der Waals surface area contributed by atoms with Gasteiger partial charge < -0.3 is 33.8 Å². The van der Waals surface area contributed by atoms with Gasteiger partial charge in [0.1, 0.15) is 11.5 Å². The van der Waals surface area contributed by atoms with E-state index in [1.165, 1.54) is 5.56 Å². The predicted molar refractivity (Wildman–Crippen MR) is 219 cm³/mol. The van der Waals surface area contributed by atoms with E-state index in [0.717, 1.165) is 59.7 Å². The van der Waals surface area contributed by atoms with Gasteiger partial charge in [0, 0.05) is 87.1 Å². The van der Waals surface area contributed by atoms with Crippen LogP contribution in [0.1, 0.15) is 55.6 Å². The fourth-order valence-corrected chi connectivity index (χ4v) is 8.43. The lowest BCUT2D eigenvalue weighted by molar-refractivity contribution is 0.0193. The number of fused-ring (bicyclic) bond motifs is 2. The highest BCUT2D eigenvalue weighted by Gasteiger charge is 2.35. The highest BCUT2D eigenvalue weighted by Crippen LogP contribution is 2.36. The van der Waals surface area contributed by atoms with Crippen LogP contribution in [0.2, 0.25) is 0 Å². The second kappa shape index (κ2) is 16.3. The number of morpholine rings is 1. The monoisotopic (exact) mass is 767 g/mol. The van der Waals surface area contributed by atoms with E-state index < -0.39 is 6.09 Å². The van der Waals surface area contributed by atoms with Gasteiger partial charge in [0.25, 0.3) is 11.8 Å². The van der Waals surface area contributed by atoms with Gasteiger partial charge in [0.2, 0.25) is 0 Å². The number of aromatic hydroxyl groups is 1. The number of para-hydroxylation sites is 1. The standard InChI is InChI=1S/C46H49N5O6/c1-4-50(36-14-16-38(52)17-15-36)44(53)40-27-43(47(3)31(40)2)41-25-33-18-19-49(46(55)57-39-12-6-5-7-13-39)28-35(33)26-42(41)45(54)51-29-34-11-9-8-10-32(34)24-37(51)30-48-20-22-56-23-21-48/h5-17,25-27,37,52H,4,18-24,28-30H2,1-3H3/t37-/m0/s1. The number of carbonyl (C=O) groups is 3. The smallest absolute Gasteiger partial charge is 0.415 e. The van der Waals surface area contributed by atoms with Crippen LogP contribution in [0.4, 0.5) is 10.5 Å². The lowest BCUT2D eigenvalue weighted by atomic mass is 9.89. The van der Waals surface area contributed by atoms with Crippen molar-refractivity contribution in [1.82, 2.24) is 19.3 Å². The molecule has 11 nitrogen and oxygen atoms in total. The molecule has 0 unspecified atom stereocenters. The van der Waals surface area contributed by atoms with E-state index in [0.29, 0.717) is 68.4 Å². The third kappa shape index (κ3) is 7.77. The summed E-state index contributed by atoms with van der Waals surface area (Å²) in [6, 6.07) is 29.9. The molecule has 4 heterocycles. The van der Waals surface area contributed by atoms with Crippen molar-refractivity contribution in [1.29, 1.82) is 0 Å². The molecule has 0 spiro atoms. The van der Waals surface area contributed by atoms with Gasteiger partial charge in [-0.15, -0.1) is 0 Å². The van der Waals surface area contributed by atoms with Gasteiger partial charge in [0.05, 0.1) is 18.8 Å². The lowest BCUT2D eigenvalue weighted by Crippen LogP contribution is -2.52. The van der Waals surface area contributed by atoms with Crippen molar-refractivity contribution in [2.45, 2.75) is 45.8 Å². The number of nitrogens with zero attached hydrogens (tertiary/aromatic N) is 5. The van der Waals surface area contributed by atoms with Crippen molar-refractivity contribution < 1.29 is 29.0 Å². The number of carbonyl (C=O) groups excluding carboxylic acids is 3. The van der Waals surface area contributed by atoms with Gasteiger partial charge in [-0.05, 0) is 104 Å². The third-order valence-corrected chi connectivity index (χ3v) is 11.7. The van der Waals surface area contributed by atoms with Crippen molar-refractivity contribution >= 4 is 23.6 Å². The maximum absolute atomic E-state index is 15.4. The fraction of sp³-hybridized carbons (Fsp3) is 0.326. The third-order valence-electron chi connectivity index (χ3n) is 11.7. The zero-order valence-electron chi connectivity index (χ0n) is 32.8. The second-order valence-electron chi connectivity index (χ2n) is 15.1. The summed E-state index contributed by atoms with van der Waals surface area (Å²) in [4.78, 5) is 50.8. The van der Waals surface area contributed by atoms with Crippen LogP contribution >= 0.6 is 0 Å². The number of hydrogen-bond donors (Lipinski definition) is 1. The first-order valence-electron chi connectivity index (χ1n) is 19.8. The minimum absolute atomic E-state index is 0.0672. The molecule has 1 fully saturated rings. The number of aromatic nitrogens is 1. The zero-order valence-corrected chi connectivity index (χ0v) is 32.8. The zero-order chi connectivity index (χ0) is 39.6.